The number of nitrogens with zero attached hydrogens (tertiary/aromatic N) is 3. The van der Waals surface area contributed by atoms with Crippen LogP contribution in [0.3, 0.4) is 0 Å². The van der Waals surface area contributed by atoms with Crippen molar-refractivity contribution in [2.45, 2.75) is 32.8 Å². The number of nitrogens with one attached hydrogen (secondary N) is 2. The lowest BCUT2D eigenvalue weighted by Crippen LogP contribution is -2.33. The number of ether oxygens (including phenoxy) is 1. The molecule has 0 aliphatic carbocycles. The Morgan fingerprint density at radius 2 is 1.94 bits per heavy atom. The minimum absolute atomic E-state index is 0.180. The van der Waals surface area contributed by atoms with Gasteiger partial charge in [-0.25, -0.2) is 5.84 Å². The fourth-order valence-electron chi connectivity index (χ4n) is 1.09. The highest BCUT2D eigenvalue weighted by Crippen LogP contribution is 2.13. The van der Waals surface area contributed by atoms with Crippen molar-refractivity contribution >= 4 is 11.9 Å². The van der Waals surface area contributed by atoms with Gasteiger partial charge < -0.3 is 15.2 Å². The molecular weight excluding hydrogens is 236 g/mol. The predicted octanol–water partition coefficient (Wildman–Crippen LogP) is 0.129. The fourth-order valence-corrected chi connectivity index (χ4v) is 1.09. The molecule has 0 saturated carbocycles. The van der Waals surface area contributed by atoms with Crippen molar-refractivity contribution in [2.24, 2.45) is 5.84 Å². The summed E-state index contributed by atoms with van der Waals surface area (Å²) < 4.78 is 5.19. The summed E-state index contributed by atoms with van der Waals surface area (Å²) in [7, 11) is 0. The third-order valence-corrected chi connectivity index (χ3v) is 2.41. The van der Waals surface area contributed by atoms with Crippen LogP contribution >= 0.6 is 0 Å². The van der Waals surface area contributed by atoms with E-state index in [9.17, 15) is 5.11 Å². The first kappa shape index (κ1) is 14.4. The van der Waals surface area contributed by atoms with E-state index < -0.39 is 5.60 Å². The highest BCUT2D eigenvalue weighted by Gasteiger charge is 2.18. The van der Waals surface area contributed by atoms with Crippen LogP contribution in [-0.4, -0.2) is 38.8 Å². The number of hydrogen-bond acceptors (Lipinski definition) is 8. The van der Waals surface area contributed by atoms with Gasteiger partial charge in [-0.2, -0.15) is 15.0 Å². The molecule has 8 nitrogen and oxygen atoms in total. The Bertz CT molecular complexity index is 385. The maximum Gasteiger partial charge on any atom is 0.323 e. The van der Waals surface area contributed by atoms with Crippen LogP contribution in [0.2, 0.25) is 0 Å². The number of hydrogen-bond donors (Lipinski definition) is 4. The highest BCUT2D eigenvalue weighted by atomic mass is 16.5. The third-order valence-electron chi connectivity index (χ3n) is 2.41. The molecule has 1 rings (SSSR count). The average Bonchev–Trinajstić information content (AvgIpc) is 2.37. The lowest BCUT2D eigenvalue weighted by atomic mass is 10.0. The Labute approximate surface area is 106 Å². The largest absolute Gasteiger partial charge is 0.464 e. The van der Waals surface area contributed by atoms with Crippen molar-refractivity contribution < 1.29 is 9.84 Å². The van der Waals surface area contributed by atoms with Crippen molar-refractivity contribution in [2.75, 3.05) is 23.9 Å². The molecule has 0 amide bonds. The van der Waals surface area contributed by atoms with Crippen LogP contribution in [0.5, 0.6) is 6.01 Å². The van der Waals surface area contributed by atoms with Crippen molar-refractivity contribution in [3.63, 3.8) is 0 Å². The Morgan fingerprint density at radius 1 is 1.28 bits per heavy atom. The number of nitrogens with two attached hydrogens (primary N) is 1. The Morgan fingerprint density at radius 3 is 2.50 bits per heavy atom. The lowest BCUT2D eigenvalue weighted by molar-refractivity contribution is 0.0695. The van der Waals surface area contributed by atoms with Crippen molar-refractivity contribution in [3.8, 4) is 6.01 Å². The molecule has 1 aromatic heterocycles. The molecule has 0 bridgehead atoms. The molecule has 0 spiro atoms. The maximum absolute atomic E-state index is 9.88. The van der Waals surface area contributed by atoms with Crippen LogP contribution in [0.1, 0.15) is 27.2 Å². The van der Waals surface area contributed by atoms with Crippen LogP contribution in [-0.2, 0) is 0 Å². The normalized spacial score (nSPS) is 13.8. The first-order valence-corrected chi connectivity index (χ1v) is 5.82. The number of hydrazine groups is 1. The number of aromatic nitrogens is 3. The second-order valence-electron chi connectivity index (χ2n) is 4.05. The van der Waals surface area contributed by atoms with Crippen molar-refractivity contribution in [1.82, 2.24) is 15.0 Å². The fraction of sp³-hybridized carbons (Fsp3) is 0.700. The van der Waals surface area contributed by atoms with Gasteiger partial charge in [0, 0.05) is 6.54 Å². The van der Waals surface area contributed by atoms with Crippen LogP contribution < -0.4 is 21.3 Å². The van der Waals surface area contributed by atoms with E-state index >= 15 is 0 Å². The number of anilines is 2. The summed E-state index contributed by atoms with van der Waals surface area (Å²) in [6, 6.07) is 0.180. The summed E-state index contributed by atoms with van der Waals surface area (Å²) in [6.45, 7) is 6.22. The van der Waals surface area contributed by atoms with Gasteiger partial charge >= 0.3 is 6.01 Å². The van der Waals surface area contributed by atoms with Crippen LogP contribution in [0.25, 0.3) is 0 Å². The van der Waals surface area contributed by atoms with E-state index in [0.717, 1.165) is 0 Å². The zero-order valence-corrected chi connectivity index (χ0v) is 10.9. The molecule has 1 heterocycles. The summed E-state index contributed by atoms with van der Waals surface area (Å²) in [5, 5.41) is 12.8. The molecule has 0 aliphatic rings. The Balaban J connectivity index is 2.78. The quantitative estimate of drug-likeness (QED) is 0.401. The predicted molar refractivity (Wildman–Crippen MR) is 68.2 cm³/mol. The van der Waals surface area contributed by atoms with E-state index in [1.807, 2.05) is 13.8 Å². The maximum atomic E-state index is 9.88. The second-order valence-corrected chi connectivity index (χ2v) is 4.05. The van der Waals surface area contributed by atoms with Crippen molar-refractivity contribution in [3.05, 3.63) is 0 Å². The van der Waals surface area contributed by atoms with E-state index in [-0.39, 0.29) is 12.0 Å². The second kappa shape index (κ2) is 6.31. The van der Waals surface area contributed by atoms with E-state index in [2.05, 4.69) is 25.7 Å². The summed E-state index contributed by atoms with van der Waals surface area (Å²) in [4.78, 5) is 12.0. The van der Waals surface area contributed by atoms with Crippen molar-refractivity contribution in [1.29, 1.82) is 0 Å². The van der Waals surface area contributed by atoms with Gasteiger partial charge in [0.1, 0.15) is 0 Å². The molecule has 102 valence electrons. The Kier molecular flexibility index (Phi) is 5.05. The van der Waals surface area contributed by atoms with Crippen LogP contribution in [0.4, 0.5) is 11.9 Å². The number of aliphatic hydroxyl groups is 1. The molecule has 8 heteroatoms. The third kappa shape index (κ3) is 4.30. The summed E-state index contributed by atoms with van der Waals surface area (Å²) in [5.41, 5.74) is 1.51. The van der Waals surface area contributed by atoms with Gasteiger partial charge in [-0.15, -0.1) is 0 Å². The molecule has 1 aromatic rings. The topological polar surface area (TPSA) is 118 Å². The summed E-state index contributed by atoms with van der Waals surface area (Å²) in [6.07, 6.45) is 0.616. The van der Waals surface area contributed by atoms with Gasteiger partial charge in [0.15, 0.2) is 0 Å². The molecular formula is C10H20N6O2. The molecule has 5 N–H and O–H groups in total. The number of rotatable bonds is 7. The SMILES string of the molecule is CCOc1nc(NN)nc(NCC(C)(O)CC)n1. The number of nitrogen functional groups attached to an aromatic ring is 1. The lowest BCUT2D eigenvalue weighted by Gasteiger charge is -2.21. The minimum atomic E-state index is -0.825. The van der Waals surface area contributed by atoms with Gasteiger partial charge in [-0.05, 0) is 20.3 Å². The smallest absolute Gasteiger partial charge is 0.323 e. The van der Waals surface area contributed by atoms with Gasteiger partial charge in [-0.3, -0.25) is 5.43 Å². The van der Waals surface area contributed by atoms with Crippen LogP contribution in [0.15, 0.2) is 0 Å². The first-order chi connectivity index (χ1) is 8.50. The highest BCUT2D eigenvalue weighted by molar-refractivity contribution is 5.35. The molecule has 1 unspecified atom stereocenters. The molecule has 18 heavy (non-hydrogen) atoms. The monoisotopic (exact) mass is 256 g/mol. The summed E-state index contributed by atoms with van der Waals surface area (Å²) in [5.74, 6) is 5.76. The van der Waals surface area contributed by atoms with E-state index in [1.54, 1.807) is 6.92 Å². The van der Waals surface area contributed by atoms with Crippen LogP contribution in [0, 0.1) is 0 Å². The zero-order chi connectivity index (χ0) is 13.6. The molecule has 0 aliphatic heterocycles. The van der Waals surface area contributed by atoms with Gasteiger partial charge in [0.25, 0.3) is 0 Å². The minimum Gasteiger partial charge on any atom is -0.464 e. The van der Waals surface area contributed by atoms with Gasteiger partial charge in [-0.1, -0.05) is 6.92 Å². The summed E-state index contributed by atoms with van der Waals surface area (Å²) >= 11 is 0. The molecule has 0 fully saturated rings. The zero-order valence-electron chi connectivity index (χ0n) is 10.9. The van der Waals surface area contributed by atoms with Gasteiger partial charge in [0.2, 0.25) is 11.9 Å². The van der Waals surface area contributed by atoms with E-state index in [4.69, 9.17) is 10.6 Å². The molecule has 0 radical (unpaired) electrons. The van der Waals surface area contributed by atoms with E-state index in [0.29, 0.717) is 25.5 Å². The molecule has 0 saturated heterocycles. The van der Waals surface area contributed by atoms with Gasteiger partial charge in [0.05, 0.1) is 12.2 Å². The standard InChI is InChI=1S/C10H20N6O2/c1-4-10(3,17)6-12-7-13-8(16-11)15-9(14-7)18-5-2/h17H,4-6,11H2,1-3H3,(H2,12,13,14,15,16). The average molecular weight is 256 g/mol. The molecule has 1 atom stereocenters. The van der Waals surface area contributed by atoms with E-state index in [1.165, 1.54) is 0 Å². The first-order valence-electron chi connectivity index (χ1n) is 5.82. The Hall–Kier alpha value is -1.67. The molecule has 0 aromatic carbocycles.